The maximum atomic E-state index is 12.9. The minimum absolute atomic E-state index is 0.0437. The first-order chi connectivity index (χ1) is 14.6. The van der Waals surface area contributed by atoms with Crippen LogP contribution in [0.5, 0.6) is 5.75 Å². The maximum absolute atomic E-state index is 12.9. The number of benzene rings is 2. The average Bonchev–Trinajstić information content (AvgIpc) is 3.29. The smallest absolute Gasteiger partial charge is 0.269 e. The highest BCUT2D eigenvalue weighted by Crippen LogP contribution is 2.30. The number of amides is 2. The molecule has 1 atom stereocenters. The number of carbonyl (C=O) groups is 2. The van der Waals surface area contributed by atoms with Crippen LogP contribution in [0, 0.1) is 0 Å². The first-order valence-electron chi connectivity index (χ1n) is 10.0. The molecule has 7 nitrogen and oxygen atoms in total. The topological polar surface area (TPSA) is 101 Å². The summed E-state index contributed by atoms with van der Waals surface area (Å²) in [5.41, 5.74) is 8.42. The van der Waals surface area contributed by atoms with Crippen molar-refractivity contribution in [3.05, 3.63) is 72.1 Å². The Morgan fingerprint density at radius 3 is 2.50 bits per heavy atom. The first-order valence-corrected chi connectivity index (χ1v) is 10.0. The summed E-state index contributed by atoms with van der Waals surface area (Å²) in [5, 5.41) is 6.79. The van der Waals surface area contributed by atoms with Crippen molar-refractivity contribution >= 4 is 11.8 Å². The molecule has 0 saturated carbocycles. The van der Waals surface area contributed by atoms with E-state index in [1.807, 2.05) is 42.5 Å². The van der Waals surface area contributed by atoms with Crippen LogP contribution in [0.1, 0.15) is 41.5 Å². The number of carbonyl (C=O) groups excluding carboxylic acids is 2. The van der Waals surface area contributed by atoms with E-state index in [2.05, 4.69) is 22.3 Å². The molecule has 4 rings (SSSR count). The molecular weight excluding hydrogens is 380 g/mol. The molecule has 3 N–H and O–H groups in total. The van der Waals surface area contributed by atoms with Gasteiger partial charge in [-0.15, -0.1) is 0 Å². The van der Waals surface area contributed by atoms with Crippen LogP contribution >= 0.6 is 0 Å². The molecule has 0 bridgehead atoms. The Hall–Kier alpha value is -3.61. The summed E-state index contributed by atoms with van der Waals surface area (Å²) in [6, 6.07) is 19.3. The highest BCUT2D eigenvalue weighted by Gasteiger charge is 2.30. The third-order valence-corrected chi connectivity index (χ3v) is 5.36. The summed E-state index contributed by atoms with van der Waals surface area (Å²) in [6.07, 6.45) is 2.74. The lowest BCUT2D eigenvalue weighted by molar-refractivity contribution is -0.137. The highest BCUT2D eigenvalue weighted by molar-refractivity contribution is 5.90. The standard InChI is InChI=1S/C23H24N4O3/c24-23(29)20-14-19(25-26-20)21-8-4-5-13-27(21)22(28)15-30-18-11-9-17(10-12-18)16-6-2-1-3-7-16/h1-3,6-7,9-12,14,21H,4-5,8,13,15H2,(H2,24,29)(H,25,26). The van der Waals surface area contributed by atoms with Crippen LogP contribution < -0.4 is 10.5 Å². The average molecular weight is 404 g/mol. The molecule has 0 spiro atoms. The number of nitrogens with zero attached hydrogens (tertiary/aromatic N) is 2. The molecule has 1 aromatic heterocycles. The minimum atomic E-state index is -0.589. The van der Waals surface area contributed by atoms with Crippen molar-refractivity contribution in [2.45, 2.75) is 25.3 Å². The van der Waals surface area contributed by atoms with E-state index >= 15 is 0 Å². The Bertz CT molecular complexity index is 1010. The summed E-state index contributed by atoms with van der Waals surface area (Å²) in [5.74, 6) is -0.0373. The van der Waals surface area contributed by atoms with Crippen LogP contribution in [0.25, 0.3) is 11.1 Å². The molecule has 1 aliphatic rings. The Labute approximate surface area is 174 Å². The maximum Gasteiger partial charge on any atom is 0.269 e. The number of ether oxygens (including phenoxy) is 1. The predicted molar refractivity (Wildman–Crippen MR) is 113 cm³/mol. The van der Waals surface area contributed by atoms with Gasteiger partial charge in [-0.2, -0.15) is 5.10 Å². The summed E-state index contributed by atoms with van der Waals surface area (Å²) in [4.78, 5) is 26.0. The van der Waals surface area contributed by atoms with Gasteiger partial charge in [0.05, 0.1) is 11.7 Å². The molecule has 2 amide bonds. The third-order valence-electron chi connectivity index (χ3n) is 5.36. The van der Waals surface area contributed by atoms with E-state index in [1.165, 1.54) is 0 Å². The van der Waals surface area contributed by atoms with Gasteiger partial charge in [0.15, 0.2) is 6.61 Å². The second kappa shape index (κ2) is 8.82. The molecule has 2 heterocycles. The first kappa shape index (κ1) is 19.7. The van der Waals surface area contributed by atoms with Crippen LogP contribution in [-0.4, -0.2) is 40.1 Å². The van der Waals surface area contributed by atoms with Crippen LogP contribution in [0.15, 0.2) is 60.7 Å². The lowest BCUT2D eigenvalue weighted by atomic mass is 9.99. The molecule has 3 aromatic rings. The summed E-state index contributed by atoms with van der Waals surface area (Å²) in [6.45, 7) is 0.600. The van der Waals surface area contributed by atoms with Crippen LogP contribution in [0.3, 0.4) is 0 Å². The zero-order chi connectivity index (χ0) is 20.9. The number of rotatable bonds is 6. The van der Waals surface area contributed by atoms with Gasteiger partial charge >= 0.3 is 0 Å². The quantitative estimate of drug-likeness (QED) is 0.658. The number of nitrogens with one attached hydrogen (secondary N) is 1. The molecule has 1 fully saturated rings. The van der Waals surface area contributed by atoms with E-state index in [4.69, 9.17) is 10.5 Å². The van der Waals surface area contributed by atoms with Crippen molar-refractivity contribution in [2.75, 3.05) is 13.2 Å². The Kier molecular flexibility index (Phi) is 5.79. The molecule has 0 radical (unpaired) electrons. The van der Waals surface area contributed by atoms with Crippen molar-refractivity contribution in [2.24, 2.45) is 5.73 Å². The van der Waals surface area contributed by atoms with Gasteiger partial charge in [-0.05, 0) is 48.6 Å². The van der Waals surface area contributed by atoms with E-state index < -0.39 is 5.91 Å². The monoisotopic (exact) mass is 404 g/mol. The number of hydrogen-bond donors (Lipinski definition) is 2. The molecule has 154 valence electrons. The SMILES string of the molecule is NC(=O)c1cc(C2CCCCN2C(=O)COc2ccc(-c3ccccc3)cc2)[nH]n1. The predicted octanol–water partition coefficient (Wildman–Crippen LogP) is 3.31. The Morgan fingerprint density at radius 1 is 1.07 bits per heavy atom. The second-order valence-corrected chi connectivity index (χ2v) is 7.35. The molecule has 7 heteroatoms. The van der Waals surface area contributed by atoms with Gasteiger partial charge < -0.3 is 15.4 Å². The zero-order valence-corrected chi connectivity index (χ0v) is 16.6. The molecule has 1 aliphatic heterocycles. The van der Waals surface area contributed by atoms with Crippen molar-refractivity contribution in [3.8, 4) is 16.9 Å². The molecule has 1 unspecified atom stereocenters. The van der Waals surface area contributed by atoms with E-state index in [1.54, 1.807) is 11.0 Å². The number of hydrogen-bond acceptors (Lipinski definition) is 4. The summed E-state index contributed by atoms with van der Waals surface area (Å²) in [7, 11) is 0. The lowest BCUT2D eigenvalue weighted by Crippen LogP contribution is -2.41. The van der Waals surface area contributed by atoms with Crippen molar-refractivity contribution in [1.82, 2.24) is 15.1 Å². The van der Waals surface area contributed by atoms with E-state index in [0.29, 0.717) is 12.3 Å². The van der Waals surface area contributed by atoms with Gasteiger partial charge in [0.25, 0.3) is 11.8 Å². The van der Waals surface area contributed by atoms with E-state index in [9.17, 15) is 9.59 Å². The van der Waals surface area contributed by atoms with Gasteiger partial charge in [0.1, 0.15) is 11.4 Å². The number of H-pyrrole nitrogens is 1. The number of piperidine rings is 1. The third kappa shape index (κ3) is 4.35. The molecule has 1 saturated heterocycles. The van der Waals surface area contributed by atoms with E-state index in [-0.39, 0.29) is 24.2 Å². The number of aromatic amines is 1. The Morgan fingerprint density at radius 2 is 1.80 bits per heavy atom. The van der Waals surface area contributed by atoms with E-state index in [0.717, 1.165) is 36.1 Å². The Balaban J connectivity index is 1.40. The van der Waals surface area contributed by atoms with Gasteiger partial charge in [-0.3, -0.25) is 14.7 Å². The zero-order valence-electron chi connectivity index (χ0n) is 16.6. The van der Waals surface area contributed by atoms with Crippen molar-refractivity contribution in [3.63, 3.8) is 0 Å². The van der Waals surface area contributed by atoms with Gasteiger partial charge in [-0.25, -0.2) is 0 Å². The fraction of sp³-hybridized carbons (Fsp3) is 0.261. The molecule has 30 heavy (non-hydrogen) atoms. The highest BCUT2D eigenvalue weighted by atomic mass is 16.5. The number of likely N-dealkylation sites (tertiary alicyclic amines) is 1. The minimum Gasteiger partial charge on any atom is -0.484 e. The van der Waals surface area contributed by atoms with Crippen LogP contribution in [0.2, 0.25) is 0 Å². The second-order valence-electron chi connectivity index (χ2n) is 7.35. The fourth-order valence-electron chi connectivity index (χ4n) is 3.79. The van der Waals surface area contributed by atoms with Crippen LogP contribution in [0.4, 0.5) is 0 Å². The van der Waals surface area contributed by atoms with Gasteiger partial charge in [0, 0.05) is 6.54 Å². The number of primary amides is 1. The number of nitrogens with two attached hydrogens (primary N) is 1. The van der Waals surface area contributed by atoms with Gasteiger partial charge in [0.2, 0.25) is 0 Å². The largest absolute Gasteiger partial charge is 0.484 e. The fourth-order valence-corrected chi connectivity index (χ4v) is 3.79. The molecule has 0 aliphatic carbocycles. The summed E-state index contributed by atoms with van der Waals surface area (Å²) < 4.78 is 5.75. The summed E-state index contributed by atoms with van der Waals surface area (Å²) >= 11 is 0. The number of aromatic nitrogens is 2. The molecular formula is C23H24N4O3. The van der Waals surface area contributed by atoms with Gasteiger partial charge in [-0.1, -0.05) is 42.5 Å². The molecule has 2 aromatic carbocycles. The lowest BCUT2D eigenvalue weighted by Gasteiger charge is -2.35. The van der Waals surface area contributed by atoms with Crippen molar-refractivity contribution in [1.29, 1.82) is 0 Å². The normalized spacial score (nSPS) is 16.3. The van der Waals surface area contributed by atoms with Crippen molar-refractivity contribution < 1.29 is 14.3 Å². The van der Waals surface area contributed by atoms with Crippen LogP contribution in [-0.2, 0) is 4.79 Å².